The number of ether oxygens (including phenoxy) is 1. The van der Waals surface area contributed by atoms with Gasteiger partial charge in [-0.15, -0.1) is 0 Å². The largest absolute Gasteiger partial charge is 0.444 e. The molecule has 1 amide bonds. The van der Waals surface area contributed by atoms with Gasteiger partial charge < -0.3 is 15.0 Å². The predicted molar refractivity (Wildman–Crippen MR) is 86.9 cm³/mol. The Labute approximate surface area is 137 Å². The molecule has 1 N–H and O–H groups in total. The first-order chi connectivity index (χ1) is 10.3. The Bertz CT molecular complexity index is 499. The Morgan fingerprint density at radius 3 is 2.91 bits per heavy atom. The molecule has 2 rings (SSSR count). The summed E-state index contributed by atoms with van der Waals surface area (Å²) in [5.74, 6) is 0.466. The number of halogens is 1. The van der Waals surface area contributed by atoms with Crippen LogP contribution in [-0.2, 0) is 11.3 Å². The number of hydrogen-bond donors (Lipinski definition) is 1. The average molecular weight is 326 g/mol. The lowest BCUT2D eigenvalue weighted by Crippen LogP contribution is -2.36. The molecule has 0 bridgehead atoms. The van der Waals surface area contributed by atoms with Crippen LogP contribution in [0.1, 0.15) is 32.8 Å². The Hall–Kier alpha value is -1.33. The van der Waals surface area contributed by atoms with Crippen molar-refractivity contribution in [3.05, 3.63) is 29.0 Å². The number of nitrogens with one attached hydrogen (secondary N) is 1. The van der Waals surface area contributed by atoms with E-state index in [1.807, 2.05) is 26.8 Å². The van der Waals surface area contributed by atoms with Crippen molar-refractivity contribution < 1.29 is 9.53 Å². The molecule has 6 heteroatoms. The third-order valence-electron chi connectivity index (χ3n) is 3.49. The molecule has 0 unspecified atom stereocenters. The summed E-state index contributed by atoms with van der Waals surface area (Å²) >= 11 is 5.76. The highest BCUT2D eigenvalue weighted by Gasteiger charge is 2.29. The van der Waals surface area contributed by atoms with Crippen LogP contribution in [0, 0.1) is 5.92 Å². The molecule has 0 aliphatic carbocycles. The Morgan fingerprint density at radius 2 is 2.27 bits per heavy atom. The lowest BCUT2D eigenvalue weighted by atomic mass is 10.1. The first-order valence-corrected chi connectivity index (χ1v) is 8.00. The van der Waals surface area contributed by atoms with Crippen molar-refractivity contribution in [2.75, 3.05) is 19.6 Å². The molecule has 22 heavy (non-hydrogen) atoms. The summed E-state index contributed by atoms with van der Waals surface area (Å²) in [6.45, 7) is 8.82. The maximum Gasteiger partial charge on any atom is 0.410 e. The minimum Gasteiger partial charge on any atom is -0.444 e. The van der Waals surface area contributed by atoms with Crippen molar-refractivity contribution in [2.45, 2.75) is 39.3 Å². The normalized spacial score (nSPS) is 18.5. The molecule has 5 nitrogen and oxygen atoms in total. The van der Waals surface area contributed by atoms with Gasteiger partial charge in [-0.25, -0.2) is 9.78 Å². The molecule has 0 radical (unpaired) electrons. The number of carbonyl (C=O) groups excluding carboxylic acids is 1. The van der Waals surface area contributed by atoms with Crippen molar-refractivity contribution in [2.24, 2.45) is 5.92 Å². The molecule has 0 aromatic carbocycles. The quantitative estimate of drug-likeness (QED) is 0.864. The summed E-state index contributed by atoms with van der Waals surface area (Å²) in [6.07, 6.45) is 2.57. The summed E-state index contributed by atoms with van der Waals surface area (Å²) in [4.78, 5) is 17.8. The summed E-state index contributed by atoms with van der Waals surface area (Å²) in [7, 11) is 0. The van der Waals surface area contributed by atoms with Crippen molar-refractivity contribution in [3.63, 3.8) is 0 Å². The van der Waals surface area contributed by atoms with Gasteiger partial charge in [0.15, 0.2) is 0 Å². The van der Waals surface area contributed by atoms with Crippen LogP contribution in [0.2, 0.25) is 5.15 Å². The van der Waals surface area contributed by atoms with Gasteiger partial charge in [0.05, 0.1) is 0 Å². The minimum atomic E-state index is -0.436. The van der Waals surface area contributed by atoms with Gasteiger partial charge in [-0.1, -0.05) is 17.7 Å². The van der Waals surface area contributed by atoms with Crippen LogP contribution in [-0.4, -0.2) is 41.2 Å². The SMILES string of the molecule is CC(C)(C)OC(=O)N1CC[C@H](CNCc2ccc(Cl)nc2)C1. The lowest BCUT2D eigenvalue weighted by Gasteiger charge is -2.24. The first kappa shape index (κ1) is 17.0. The molecule has 1 atom stereocenters. The highest BCUT2D eigenvalue weighted by molar-refractivity contribution is 6.29. The molecule has 1 fully saturated rings. The number of pyridine rings is 1. The molecule has 1 aromatic heterocycles. The van der Waals surface area contributed by atoms with E-state index in [0.717, 1.165) is 38.2 Å². The zero-order valence-electron chi connectivity index (χ0n) is 13.4. The summed E-state index contributed by atoms with van der Waals surface area (Å²) in [6, 6.07) is 3.75. The van der Waals surface area contributed by atoms with Crippen LogP contribution in [0.4, 0.5) is 4.79 Å². The molecule has 1 aliphatic heterocycles. The molecule has 122 valence electrons. The van der Waals surface area contributed by atoms with Crippen LogP contribution in [0.25, 0.3) is 0 Å². The first-order valence-electron chi connectivity index (χ1n) is 7.62. The van der Waals surface area contributed by atoms with Crippen LogP contribution in [0.15, 0.2) is 18.3 Å². The minimum absolute atomic E-state index is 0.211. The highest BCUT2D eigenvalue weighted by Crippen LogP contribution is 2.19. The Morgan fingerprint density at radius 1 is 1.50 bits per heavy atom. The summed E-state index contributed by atoms with van der Waals surface area (Å²) in [5, 5.41) is 3.92. The van der Waals surface area contributed by atoms with E-state index in [9.17, 15) is 4.79 Å². The van der Waals surface area contributed by atoms with Gasteiger partial charge >= 0.3 is 6.09 Å². The van der Waals surface area contributed by atoms with E-state index in [1.54, 1.807) is 17.2 Å². The van der Waals surface area contributed by atoms with E-state index in [2.05, 4.69) is 10.3 Å². The molecule has 0 spiro atoms. The van der Waals surface area contributed by atoms with E-state index in [1.165, 1.54) is 0 Å². The number of nitrogens with zero attached hydrogens (tertiary/aromatic N) is 2. The van der Waals surface area contributed by atoms with E-state index >= 15 is 0 Å². The molecule has 1 aliphatic rings. The van der Waals surface area contributed by atoms with E-state index in [0.29, 0.717) is 11.1 Å². The van der Waals surface area contributed by atoms with Crippen LogP contribution < -0.4 is 5.32 Å². The van der Waals surface area contributed by atoms with Crippen LogP contribution in [0.3, 0.4) is 0 Å². The van der Waals surface area contributed by atoms with E-state index in [-0.39, 0.29) is 6.09 Å². The molecule has 2 heterocycles. The average Bonchev–Trinajstić information content (AvgIpc) is 2.88. The van der Waals surface area contributed by atoms with Crippen molar-refractivity contribution in [1.29, 1.82) is 0 Å². The number of likely N-dealkylation sites (tertiary alicyclic amines) is 1. The fourth-order valence-electron chi connectivity index (χ4n) is 2.42. The molecular weight excluding hydrogens is 302 g/mol. The van der Waals surface area contributed by atoms with Gasteiger partial charge in [-0.2, -0.15) is 0 Å². The molecule has 1 saturated heterocycles. The summed E-state index contributed by atoms with van der Waals surface area (Å²) < 4.78 is 5.40. The highest BCUT2D eigenvalue weighted by atomic mass is 35.5. The predicted octanol–water partition coefficient (Wildman–Crippen LogP) is 3.08. The maximum absolute atomic E-state index is 12.0. The van der Waals surface area contributed by atoms with Gasteiger partial charge in [0.2, 0.25) is 0 Å². The number of hydrogen-bond acceptors (Lipinski definition) is 4. The summed E-state index contributed by atoms with van der Waals surface area (Å²) in [5.41, 5.74) is 0.668. The van der Waals surface area contributed by atoms with E-state index in [4.69, 9.17) is 16.3 Å². The molecule has 1 aromatic rings. The monoisotopic (exact) mass is 325 g/mol. The number of carbonyl (C=O) groups is 1. The molecule has 0 saturated carbocycles. The zero-order valence-corrected chi connectivity index (χ0v) is 14.2. The van der Waals surface area contributed by atoms with Gasteiger partial charge in [-0.3, -0.25) is 0 Å². The standard InChI is InChI=1S/C16H24ClN3O2/c1-16(2,3)22-15(21)20-7-6-13(11-20)9-18-8-12-4-5-14(17)19-10-12/h4-5,10,13,18H,6-9,11H2,1-3H3/t13-/m1/s1. The third kappa shape index (κ3) is 5.46. The fraction of sp³-hybridized carbons (Fsp3) is 0.625. The van der Waals surface area contributed by atoms with Crippen LogP contribution >= 0.6 is 11.6 Å². The zero-order chi connectivity index (χ0) is 16.2. The fourth-order valence-corrected chi connectivity index (χ4v) is 2.54. The molecular formula is C16H24ClN3O2. The van der Waals surface area contributed by atoms with Crippen molar-refractivity contribution >= 4 is 17.7 Å². The third-order valence-corrected chi connectivity index (χ3v) is 3.71. The van der Waals surface area contributed by atoms with Gasteiger partial charge in [0.1, 0.15) is 10.8 Å². The lowest BCUT2D eigenvalue weighted by molar-refractivity contribution is 0.0288. The second-order valence-corrected chi connectivity index (χ2v) is 7.09. The van der Waals surface area contributed by atoms with Crippen LogP contribution in [0.5, 0.6) is 0 Å². The Kier molecular flexibility index (Phi) is 5.64. The second kappa shape index (κ2) is 7.29. The Balaban J connectivity index is 1.70. The maximum atomic E-state index is 12.0. The van der Waals surface area contributed by atoms with E-state index < -0.39 is 5.60 Å². The van der Waals surface area contributed by atoms with Crippen molar-refractivity contribution in [1.82, 2.24) is 15.2 Å². The number of rotatable bonds is 4. The number of amides is 1. The second-order valence-electron chi connectivity index (χ2n) is 6.70. The van der Waals surface area contributed by atoms with Gasteiger partial charge in [-0.05, 0) is 44.7 Å². The number of aromatic nitrogens is 1. The van der Waals surface area contributed by atoms with Gasteiger partial charge in [0.25, 0.3) is 0 Å². The van der Waals surface area contributed by atoms with Gasteiger partial charge in [0, 0.05) is 32.4 Å². The van der Waals surface area contributed by atoms with Crippen molar-refractivity contribution in [3.8, 4) is 0 Å². The topological polar surface area (TPSA) is 54.5 Å². The smallest absolute Gasteiger partial charge is 0.410 e.